The number of hydrogen-bond donors (Lipinski definition) is 1. The van der Waals surface area contributed by atoms with Gasteiger partial charge in [0.2, 0.25) is 0 Å². The van der Waals surface area contributed by atoms with Gasteiger partial charge < -0.3 is 5.84 Å². The monoisotopic (exact) mass is 240 g/mol. The Morgan fingerprint density at radius 3 is 2.56 bits per heavy atom. The Labute approximate surface area is 106 Å². The van der Waals surface area contributed by atoms with Crippen molar-refractivity contribution in [2.24, 2.45) is 0 Å². The Hall–Kier alpha value is -2.23. The maximum Gasteiger partial charge on any atom is 0.154 e. The van der Waals surface area contributed by atoms with Crippen molar-refractivity contribution < 1.29 is 0 Å². The van der Waals surface area contributed by atoms with E-state index >= 15 is 0 Å². The van der Waals surface area contributed by atoms with Crippen molar-refractivity contribution in [3.8, 4) is 11.1 Å². The van der Waals surface area contributed by atoms with E-state index in [9.17, 15) is 0 Å². The minimum atomic E-state index is 0.803. The van der Waals surface area contributed by atoms with Crippen molar-refractivity contribution in [1.29, 1.82) is 0 Å². The van der Waals surface area contributed by atoms with E-state index < -0.39 is 0 Å². The van der Waals surface area contributed by atoms with Crippen molar-refractivity contribution in [2.45, 2.75) is 20.8 Å². The number of fused-ring (bicyclic) bond motifs is 1. The SMILES string of the molecule is Cc1ccc(-c2cc3n(N)c(C)nn3c2)c(C)c1. The molecule has 0 atom stereocenters. The second-order valence-corrected chi connectivity index (χ2v) is 4.77. The summed E-state index contributed by atoms with van der Waals surface area (Å²) in [5.41, 5.74) is 5.82. The fourth-order valence-corrected chi connectivity index (χ4v) is 2.36. The van der Waals surface area contributed by atoms with Gasteiger partial charge in [-0.05, 0) is 38.0 Å². The molecule has 0 spiro atoms. The predicted octanol–water partition coefficient (Wildman–Crippen LogP) is 2.44. The lowest BCUT2D eigenvalue weighted by Crippen LogP contribution is -2.09. The van der Waals surface area contributed by atoms with E-state index in [2.05, 4.69) is 43.2 Å². The Morgan fingerprint density at radius 1 is 1.11 bits per heavy atom. The molecule has 4 nitrogen and oxygen atoms in total. The summed E-state index contributed by atoms with van der Waals surface area (Å²) in [6.45, 7) is 6.12. The molecular formula is C14H16N4. The second-order valence-electron chi connectivity index (χ2n) is 4.77. The largest absolute Gasteiger partial charge is 0.336 e. The summed E-state index contributed by atoms with van der Waals surface area (Å²) >= 11 is 0. The van der Waals surface area contributed by atoms with E-state index in [-0.39, 0.29) is 0 Å². The second kappa shape index (κ2) is 3.63. The first kappa shape index (κ1) is 10.9. The molecule has 2 N–H and O–H groups in total. The third kappa shape index (κ3) is 1.49. The normalized spacial score (nSPS) is 11.3. The molecule has 1 aromatic carbocycles. The first-order chi connectivity index (χ1) is 8.56. The zero-order valence-corrected chi connectivity index (χ0v) is 10.8. The topological polar surface area (TPSA) is 48.2 Å². The first-order valence-corrected chi connectivity index (χ1v) is 5.96. The summed E-state index contributed by atoms with van der Waals surface area (Å²) in [7, 11) is 0. The molecule has 0 radical (unpaired) electrons. The summed E-state index contributed by atoms with van der Waals surface area (Å²) in [5, 5.41) is 4.36. The number of nitrogen functional groups attached to an aromatic ring is 1. The third-order valence-electron chi connectivity index (χ3n) is 3.32. The molecule has 2 heterocycles. The quantitative estimate of drug-likeness (QED) is 0.664. The fraction of sp³-hybridized carbons (Fsp3) is 0.214. The van der Waals surface area contributed by atoms with E-state index in [0.717, 1.165) is 17.0 Å². The number of benzene rings is 1. The minimum Gasteiger partial charge on any atom is -0.336 e. The van der Waals surface area contributed by atoms with Crippen LogP contribution in [0.15, 0.2) is 30.5 Å². The molecule has 3 aromatic rings. The standard InChI is InChI=1S/C14H16N4/c1-9-4-5-13(10(2)6-9)12-7-14-17(8-12)16-11(3)18(14)15/h4-8H,15H2,1-3H3. The molecule has 0 aliphatic heterocycles. The summed E-state index contributed by atoms with van der Waals surface area (Å²) in [4.78, 5) is 0. The van der Waals surface area contributed by atoms with E-state index in [4.69, 9.17) is 5.84 Å². The van der Waals surface area contributed by atoms with Crippen LogP contribution in [-0.4, -0.2) is 14.3 Å². The van der Waals surface area contributed by atoms with Crippen molar-refractivity contribution in [3.63, 3.8) is 0 Å². The van der Waals surface area contributed by atoms with Gasteiger partial charge in [-0.1, -0.05) is 23.8 Å². The number of aryl methyl sites for hydroxylation is 3. The molecule has 0 fully saturated rings. The molecular weight excluding hydrogens is 224 g/mol. The van der Waals surface area contributed by atoms with Gasteiger partial charge in [0.25, 0.3) is 0 Å². The maximum absolute atomic E-state index is 5.93. The van der Waals surface area contributed by atoms with Crippen LogP contribution in [0.4, 0.5) is 0 Å². The van der Waals surface area contributed by atoms with Crippen molar-refractivity contribution in [2.75, 3.05) is 5.84 Å². The van der Waals surface area contributed by atoms with E-state index in [1.807, 2.05) is 17.6 Å². The Bertz CT molecular complexity index is 734. The van der Waals surface area contributed by atoms with Crippen LogP contribution in [0.2, 0.25) is 0 Å². The van der Waals surface area contributed by atoms with Crippen LogP contribution in [0, 0.1) is 20.8 Å². The Kier molecular flexibility index (Phi) is 2.20. The highest BCUT2D eigenvalue weighted by Gasteiger charge is 2.10. The molecule has 92 valence electrons. The lowest BCUT2D eigenvalue weighted by Gasteiger charge is -2.04. The third-order valence-corrected chi connectivity index (χ3v) is 3.32. The van der Waals surface area contributed by atoms with Gasteiger partial charge in [-0.15, -0.1) is 0 Å². The molecule has 0 amide bonds. The van der Waals surface area contributed by atoms with Gasteiger partial charge in [-0.2, -0.15) is 5.10 Å². The number of hydrogen-bond acceptors (Lipinski definition) is 2. The summed E-state index contributed by atoms with van der Waals surface area (Å²) in [6.07, 6.45) is 2.02. The molecule has 3 rings (SSSR count). The molecule has 4 heteroatoms. The molecule has 0 saturated heterocycles. The Morgan fingerprint density at radius 2 is 1.89 bits per heavy atom. The van der Waals surface area contributed by atoms with Gasteiger partial charge >= 0.3 is 0 Å². The van der Waals surface area contributed by atoms with Gasteiger partial charge in [0, 0.05) is 11.8 Å². The molecule has 0 unspecified atom stereocenters. The van der Waals surface area contributed by atoms with Crippen LogP contribution in [-0.2, 0) is 0 Å². The number of nitrogens with zero attached hydrogens (tertiary/aromatic N) is 3. The van der Waals surface area contributed by atoms with Crippen LogP contribution < -0.4 is 5.84 Å². The van der Waals surface area contributed by atoms with E-state index in [1.54, 1.807) is 4.68 Å². The average molecular weight is 240 g/mol. The summed E-state index contributed by atoms with van der Waals surface area (Å²) in [5.74, 6) is 6.73. The first-order valence-electron chi connectivity index (χ1n) is 5.96. The fourth-order valence-electron chi connectivity index (χ4n) is 2.36. The highest BCUT2D eigenvalue weighted by Crippen LogP contribution is 2.26. The highest BCUT2D eigenvalue weighted by molar-refractivity contribution is 5.71. The van der Waals surface area contributed by atoms with Crippen molar-refractivity contribution in [1.82, 2.24) is 14.3 Å². The van der Waals surface area contributed by atoms with E-state index in [1.165, 1.54) is 16.7 Å². The molecule has 0 aliphatic rings. The van der Waals surface area contributed by atoms with Crippen molar-refractivity contribution >= 4 is 5.65 Å². The van der Waals surface area contributed by atoms with Gasteiger partial charge in [0.1, 0.15) is 5.82 Å². The van der Waals surface area contributed by atoms with Gasteiger partial charge in [0.15, 0.2) is 5.65 Å². The zero-order chi connectivity index (χ0) is 12.9. The van der Waals surface area contributed by atoms with Gasteiger partial charge in [-0.25, -0.2) is 9.19 Å². The number of aromatic nitrogens is 3. The van der Waals surface area contributed by atoms with Crippen LogP contribution >= 0.6 is 0 Å². The highest BCUT2D eigenvalue weighted by atomic mass is 15.4. The number of rotatable bonds is 1. The molecule has 2 aromatic heterocycles. The molecule has 0 aliphatic carbocycles. The zero-order valence-electron chi connectivity index (χ0n) is 10.8. The summed E-state index contributed by atoms with van der Waals surface area (Å²) in [6, 6.07) is 8.53. The van der Waals surface area contributed by atoms with Crippen molar-refractivity contribution in [3.05, 3.63) is 47.4 Å². The summed E-state index contributed by atoms with van der Waals surface area (Å²) < 4.78 is 3.43. The average Bonchev–Trinajstić information content (AvgIpc) is 2.81. The van der Waals surface area contributed by atoms with Crippen LogP contribution in [0.3, 0.4) is 0 Å². The lowest BCUT2D eigenvalue weighted by atomic mass is 10.0. The molecule has 0 saturated carbocycles. The Balaban J connectivity index is 2.19. The van der Waals surface area contributed by atoms with E-state index in [0.29, 0.717) is 0 Å². The molecule has 0 bridgehead atoms. The smallest absolute Gasteiger partial charge is 0.154 e. The maximum atomic E-state index is 5.93. The predicted molar refractivity (Wildman–Crippen MR) is 73.0 cm³/mol. The molecule has 18 heavy (non-hydrogen) atoms. The van der Waals surface area contributed by atoms with Gasteiger partial charge in [-0.3, -0.25) is 0 Å². The number of nitrogens with two attached hydrogens (primary N) is 1. The van der Waals surface area contributed by atoms with Crippen LogP contribution in [0.1, 0.15) is 17.0 Å². The van der Waals surface area contributed by atoms with Gasteiger partial charge in [0.05, 0.1) is 0 Å². The minimum absolute atomic E-state index is 0.803. The van der Waals surface area contributed by atoms with Crippen LogP contribution in [0.25, 0.3) is 16.8 Å². The van der Waals surface area contributed by atoms with Crippen LogP contribution in [0.5, 0.6) is 0 Å². The lowest BCUT2D eigenvalue weighted by molar-refractivity contribution is 0.911.